The second-order valence-corrected chi connectivity index (χ2v) is 5.84. The standard InChI is InChI=1S/C15H22N2O2S/c1-4-15(18,5-2)10-20-14-16-12-8-7-11(19-6-3)9-13(12)17-14/h7-9,18H,4-6,10H2,1-3H3,(H,16,17). The number of thioether (sulfide) groups is 1. The van der Waals surface area contributed by atoms with Gasteiger partial charge in [-0.1, -0.05) is 25.6 Å². The van der Waals surface area contributed by atoms with Gasteiger partial charge in [0.1, 0.15) is 5.75 Å². The Morgan fingerprint density at radius 3 is 2.70 bits per heavy atom. The number of hydrogen-bond donors (Lipinski definition) is 2. The van der Waals surface area contributed by atoms with Crippen molar-refractivity contribution in [1.29, 1.82) is 0 Å². The van der Waals surface area contributed by atoms with Crippen LogP contribution in [0.3, 0.4) is 0 Å². The molecule has 2 aromatic rings. The van der Waals surface area contributed by atoms with E-state index in [2.05, 4.69) is 9.97 Å². The molecule has 0 aliphatic carbocycles. The van der Waals surface area contributed by atoms with Crippen LogP contribution in [0, 0.1) is 0 Å². The topological polar surface area (TPSA) is 58.1 Å². The zero-order chi connectivity index (χ0) is 14.6. The first-order valence-corrected chi connectivity index (χ1v) is 8.06. The number of hydrogen-bond acceptors (Lipinski definition) is 4. The monoisotopic (exact) mass is 294 g/mol. The van der Waals surface area contributed by atoms with Crippen molar-refractivity contribution in [3.05, 3.63) is 18.2 Å². The van der Waals surface area contributed by atoms with E-state index in [9.17, 15) is 5.11 Å². The van der Waals surface area contributed by atoms with Crippen molar-refractivity contribution in [2.45, 2.75) is 44.4 Å². The van der Waals surface area contributed by atoms with E-state index >= 15 is 0 Å². The van der Waals surface area contributed by atoms with Gasteiger partial charge in [0.25, 0.3) is 0 Å². The summed E-state index contributed by atoms with van der Waals surface area (Å²) in [7, 11) is 0. The van der Waals surface area contributed by atoms with Crippen LogP contribution >= 0.6 is 11.8 Å². The fourth-order valence-electron chi connectivity index (χ4n) is 1.95. The Morgan fingerprint density at radius 2 is 2.05 bits per heavy atom. The summed E-state index contributed by atoms with van der Waals surface area (Å²) in [5.41, 5.74) is 1.28. The second-order valence-electron chi connectivity index (χ2n) is 4.87. The lowest BCUT2D eigenvalue weighted by molar-refractivity contribution is 0.0571. The molecule has 1 aromatic heterocycles. The van der Waals surface area contributed by atoms with E-state index in [-0.39, 0.29) is 0 Å². The van der Waals surface area contributed by atoms with Crippen LogP contribution in [0.2, 0.25) is 0 Å². The predicted octanol–water partition coefficient (Wildman–Crippen LogP) is 3.60. The van der Waals surface area contributed by atoms with Gasteiger partial charge in [0.05, 0.1) is 23.2 Å². The van der Waals surface area contributed by atoms with Crippen molar-refractivity contribution in [3.8, 4) is 5.75 Å². The molecule has 0 radical (unpaired) electrons. The third-order valence-corrected chi connectivity index (χ3v) is 4.68. The zero-order valence-electron chi connectivity index (χ0n) is 12.3. The second kappa shape index (κ2) is 6.50. The Hall–Kier alpha value is -1.20. The minimum absolute atomic E-state index is 0.611. The van der Waals surface area contributed by atoms with Gasteiger partial charge >= 0.3 is 0 Å². The van der Waals surface area contributed by atoms with Crippen molar-refractivity contribution in [2.75, 3.05) is 12.4 Å². The molecule has 0 bridgehead atoms. The summed E-state index contributed by atoms with van der Waals surface area (Å²) in [4.78, 5) is 7.80. The van der Waals surface area contributed by atoms with Gasteiger partial charge in [-0.05, 0) is 31.9 Å². The van der Waals surface area contributed by atoms with Crippen LogP contribution in [-0.2, 0) is 0 Å². The number of fused-ring (bicyclic) bond motifs is 1. The van der Waals surface area contributed by atoms with Crippen molar-refractivity contribution in [1.82, 2.24) is 9.97 Å². The summed E-state index contributed by atoms with van der Waals surface area (Å²) in [5, 5.41) is 11.1. The third-order valence-electron chi connectivity index (χ3n) is 3.54. The Labute approximate surface area is 123 Å². The zero-order valence-corrected chi connectivity index (χ0v) is 13.1. The number of H-pyrrole nitrogens is 1. The molecule has 1 heterocycles. The third kappa shape index (κ3) is 3.46. The maximum absolute atomic E-state index is 10.3. The van der Waals surface area contributed by atoms with Crippen LogP contribution in [0.4, 0.5) is 0 Å². The fraction of sp³-hybridized carbons (Fsp3) is 0.533. The van der Waals surface area contributed by atoms with Crippen LogP contribution in [-0.4, -0.2) is 33.0 Å². The molecule has 0 fully saturated rings. The first-order chi connectivity index (χ1) is 9.60. The number of nitrogens with one attached hydrogen (secondary N) is 1. The van der Waals surface area contributed by atoms with Gasteiger partial charge in [0.2, 0.25) is 0 Å². The van der Waals surface area contributed by atoms with E-state index in [1.54, 1.807) is 11.8 Å². The van der Waals surface area contributed by atoms with Gasteiger partial charge in [-0.2, -0.15) is 0 Å². The maximum Gasteiger partial charge on any atom is 0.166 e. The van der Waals surface area contributed by atoms with Gasteiger partial charge in [0, 0.05) is 11.8 Å². The largest absolute Gasteiger partial charge is 0.494 e. The van der Waals surface area contributed by atoms with Crippen LogP contribution in [0.25, 0.3) is 11.0 Å². The maximum atomic E-state index is 10.3. The SMILES string of the molecule is CCOc1ccc2nc(SCC(O)(CC)CC)[nH]c2c1. The van der Waals surface area contributed by atoms with Crippen molar-refractivity contribution >= 4 is 22.8 Å². The fourth-order valence-corrected chi connectivity index (χ4v) is 3.11. The Morgan fingerprint density at radius 1 is 1.30 bits per heavy atom. The molecule has 20 heavy (non-hydrogen) atoms. The first kappa shape index (κ1) is 15.2. The molecule has 2 N–H and O–H groups in total. The smallest absolute Gasteiger partial charge is 0.166 e. The lowest BCUT2D eigenvalue weighted by Gasteiger charge is -2.23. The van der Waals surface area contributed by atoms with E-state index in [1.165, 1.54) is 0 Å². The van der Waals surface area contributed by atoms with Crippen LogP contribution in [0.5, 0.6) is 5.75 Å². The van der Waals surface area contributed by atoms with Gasteiger partial charge in [0.15, 0.2) is 5.16 Å². The summed E-state index contributed by atoms with van der Waals surface area (Å²) in [5.74, 6) is 1.50. The molecule has 1 aromatic carbocycles. The number of ether oxygens (including phenoxy) is 1. The Balaban J connectivity index is 2.11. The number of benzene rings is 1. The molecule has 0 aliphatic rings. The summed E-state index contributed by atoms with van der Waals surface area (Å²) in [6, 6.07) is 5.84. The molecule has 4 nitrogen and oxygen atoms in total. The number of aliphatic hydroxyl groups is 1. The van der Waals surface area contributed by atoms with Gasteiger partial charge < -0.3 is 14.8 Å². The highest BCUT2D eigenvalue weighted by Gasteiger charge is 2.22. The Kier molecular flexibility index (Phi) is 4.94. The minimum Gasteiger partial charge on any atom is -0.494 e. The summed E-state index contributed by atoms with van der Waals surface area (Å²) in [6.07, 6.45) is 1.51. The molecule has 0 saturated carbocycles. The molecule has 0 spiro atoms. The normalized spacial score (nSPS) is 12.0. The molecule has 0 saturated heterocycles. The lowest BCUT2D eigenvalue weighted by atomic mass is 10.0. The molecular weight excluding hydrogens is 272 g/mol. The van der Waals surface area contributed by atoms with E-state index < -0.39 is 5.60 Å². The van der Waals surface area contributed by atoms with Gasteiger partial charge in [-0.3, -0.25) is 0 Å². The quantitative estimate of drug-likeness (QED) is 0.766. The summed E-state index contributed by atoms with van der Waals surface area (Å²) < 4.78 is 5.48. The number of rotatable bonds is 7. The average Bonchev–Trinajstić information content (AvgIpc) is 2.87. The van der Waals surface area contributed by atoms with Crippen LogP contribution < -0.4 is 4.74 Å². The highest BCUT2D eigenvalue weighted by Crippen LogP contribution is 2.27. The van der Waals surface area contributed by atoms with Crippen LogP contribution in [0.15, 0.2) is 23.4 Å². The molecule has 5 heteroatoms. The number of imidazole rings is 1. The molecular formula is C15H22N2O2S. The van der Waals surface area contributed by atoms with Crippen molar-refractivity contribution in [2.24, 2.45) is 0 Å². The lowest BCUT2D eigenvalue weighted by Crippen LogP contribution is -2.29. The predicted molar refractivity (Wildman–Crippen MR) is 83.5 cm³/mol. The van der Waals surface area contributed by atoms with E-state index in [1.807, 2.05) is 39.0 Å². The van der Waals surface area contributed by atoms with Gasteiger partial charge in [-0.15, -0.1) is 0 Å². The minimum atomic E-state index is -0.611. The van der Waals surface area contributed by atoms with Gasteiger partial charge in [-0.25, -0.2) is 4.98 Å². The molecule has 0 atom stereocenters. The van der Waals surface area contributed by atoms with Crippen molar-refractivity contribution in [3.63, 3.8) is 0 Å². The highest BCUT2D eigenvalue weighted by molar-refractivity contribution is 7.99. The van der Waals surface area contributed by atoms with Crippen LogP contribution in [0.1, 0.15) is 33.6 Å². The van der Waals surface area contributed by atoms with E-state index in [0.717, 1.165) is 34.8 Å². The average molecular weight is 294 g/mol. The molecule has 110 valence electrons. The summed E-state index contributed by atoms with van der Waals surface area (Å²) in [6.45, 7) is 6.64. The number of nitrogens with zero attached hydrogens (tertiary/aromatic N) is 1. The Bertz CT molecular complexity index is 564. The summed E-state index contributed by atoms with van der Waals surface area (Å²) >= 11 is 1.56. The molecule has 0 unspecified atom stereocenters. The number of aromatic amines is 1. The van der Waals surface area contributed by atoms with E-state index in [4.69, 9.17) is 4.74 Å². The molecule has 0 amide bonds. The van der Waals surface area contributed by atoms with Crippen molar-refractivity contribution < 1.29 is 9.84 Å². The first-order valence-electron chi connectivity index (χ1n) is 7.08. The number of aromatic nitrogens is 2. The van der Waals surface area contributed by atoms with E-state index in [0.29, 0.717) is 12.4 Å². The molecule has 2 rings (SSSR count). The molecule has 0 aliphatic heterocycles. The highest BCUT2D eigenvalue weighted by atomic mass is 32.2.